The first-order valence-electron chi connectivity index (χ1n) is 39.1. The van der Waals surface area contributed by atoms with Crippen LogP contribution in [-0.4, -0.2) is 181 Å². The zero-order valence-electron chi connectivity index (χ0n) is 70.2. The summed E-state index contributed by atoms with van der Waals surface area (Å²) in [4.78, 5) is 74.2. The molecule has 4 aromatic carbocycles. The molecule has 630 valence electrons. The zero-order valence-corrected chi connectivity index (χ0v) is 72.8. The number of aliphatic hydroxyl groups excluding tert-OH is 1. The molecule has 2 saturated heterocycles. The monoisotopic (exact) mass is 1660 g/mol. The molecule has 0 radical (unpaired) electrons. The highest BCUT2D eigenvalue weighted by atomic mass is 32.2. The highest BCUT2D eigenvalue weighted by molar-refractivity contribution is 7.98. The number of nitrogens with one attached hydrogen (secondary N) is 3. The average molecular weight is 1660 g/mol. The predicted octanol–water partition coefficient (Wildman–Crippen LogP) is 17.0. The minimum Gasteiger partial charge on any atom is -0.484 e. The number of aliphatic hydroxyl groups is 1. The van der Waals surface area contributed by atoms with Gasteiger partial charge in [0.2, 0.25) is 5.16 Å². The Morgan fingerprint density at radius 3 is 1.36 bits per heavy atom. The van der Waals surface area contributed by atoms with Crippen LogP contribution in [0.4, 0.5) is 23.0 Å². The molecule has 2 fully saturated rings. The lowest BCUT2D eigenvalue weighted by Gasteiger charge is -2.48. The van der Waals surface area contributed by atoms with E-state index in [9.17, 15) is 34.9 Å². The molecule has 5 unspecified atom stereocenters. The summed E-state index contributed by atoms with van der Waals surface area (Å²) in [6, 6.07) is 33.1. The Morgan fingerprint density at radius 1 is 0.586 bits per heavy atom. The van der Waals surface area contributed by atoms with Crippen molar-refractivity contribution in [1.29, 1.82) is 0 Å². The van der Waals surface area contributed by atoms with Gasteiger partial charge in [0.15, 0.2) is 55.6 Å². The molecule has 5 aromatic heterocycles. The second kappa shape index (κ2) is 43.1. The van der Waals surface area contributed by atoms with Crippen molar-refractivity contribution in [3.05, 3.63) is 166 Å². The van der Waals surface area contributed by atoms with E-state index in [-0.39, 0.29) is 118 Å². The maximum Gasteiger partial charge on any atom is 0.275 e. The van der Waals surface area contributed by atoms with Gasteiger partial charge in [-0.05, 0) is 155 Å². The maximum atomic E-state index is 12.7. The van der Waals surface area contributed by atoms with Crippen LogP contribution in [0.15, 0.2) is 140 Å². The van der Waals surface area contributed by atoms with Crippen molar-refractivity contribution in [1.82, 2.24) is 73.7 Å². The molecular formula is C80H115N19O14P2S. The number of tetrazole rings is 1. The van der Waals surface area contributed by atoms with Gasteiger partial charge in [0.25, 0.3) is 31.7 Å². The van der Waals surface area contributed by atoms with Crippen LogP contribution in [0.5, 0.6) is 11.5 Å². The summed E-state index contributed by atoms with van der Waals surface area (Å²) < 4.78 is 55.0. The number of para-hydroxylation sites is 4. The molecule has 7 heterocycles. The van der Waals surface area contributed by atoms with E-state index in [0.717, 1.165) is 6.42 Å². The number of fused-ring (bicyclic) bond motifs is 2. The minimum absolute atomic E-state index is 0.0111. The first-order valence-corrected chi connectivity index (χ1v) is 42.6. The number of H-pyrrole nitrogens is 1. The molecule has 9 atom stereocenters. The Balaban J connectivity index is 0.000000220. The number of anilines is 2. The Morgan fingerprint density at radius 2 is 0.991 bits per heavy atom. The third-order valence-corrected chi connectivity index (χ3v) is 24.3. The molecule has 4 N–H and O–H groups in total. The number of benzene rings is 4. The number of amides is 2. The van der Waals surface area contributed by atoms with Crippen molar-refractivity contribution in [3.63, 3.8) is 0 Å². The number of nitrogens with zero attached hydrogens (tertiary/aromatic N) is 16. The summed E-state index contributed by atoms with van der Waals surface area (Å²) in [6.07, 6.45) is 6.92. The van der Waals surface area contributed by atoms with E-state index in [0.29, 0.717) is 75.2 Å². The second-order valence-electron chi connectivity index (χ2n) is 31.6. The van der Waals surface area contributed by atoms with Gasteiger partial charge in [0.1, 0.15) is 48.8 Å². The number of thioether (sulfide) groups is 1. The topological polar surface area (TPSA) is 381 Å². The number of ether oxygens (including phenoxy) is 4. The molecule has 0 spiro atoms. The summed E-state index contributed by atoms with van der Waals surface area (Å²) in [6.45, 7) is 41.8. The first-order chi connectivity index (χ1) is 55.1. The molecule has 0 aliphatic carbocycles. The highest BCUT2D eigenvalue weighted by Crippen LogP contribution is 2.59. The van der Waals surface area contributed by atoms with Gasteiger partial charge >= 0.3 is 0 Å². The number of carbonyl (C=O) groups excluding carboxylic acids is 2. The smallest absolute Gasteiger partial charge is 0.275 e. The number of carbonyl (C=O) groups is 2. The van der Waals surface area contributed by atoms with Gasteiger partial charge < -0.3 is 48.3 Å². The molecule has 2 amide bonds. The van der Waals surface area contributed by atoms with Crippen molar-refractivity contribution < 1.29 is 57.1 Å². The van der Waals surface area contributed by atoms with Gasteiger partial charge in [0, 0.05) is 61.2 Å². The number of nitro benzene ring substituents is 2. The lowest BCUT2D eigenvalue weighted by atomic mass is 9.84. The molecule has 36 heteroatoms. The van der Waals surface area contributed by atoms with Gasteiger partial charge in [0.05, 0.1) is 58.0 Å². The summed E-state index contributed by atoms with van der Waals surface area (Å²) in [5.41, 5.74) is 2.37. The number of imidazole rings is 2. The van der Waals surface area contributed by atoms with E-state index in [2.05, 4.69) is 179 Å². The Hall–Kier alpha value is -8.76. The normalized spacial score (nSPS) is 17.9. The number of hydrogen-bond donors (Lipinski definition) is 4. The highest BCUT2D eigenvalue weighted by Gasteiger charge is 2.46. The molecule has 0 saturated carbocycles. The van der Waals surface area contributed by atoms with E-state index in [4.69, 9.17) is 32.5 Å². The van der Waals surface area contributed by atoms with Gasteiger partial charge in [-0.25, -0.2) is 43.9 Å². The van der Waals surface area contributed by atoms with Gasteiger partial charge in [-0.1, -0.05) is 128 Å². The van der Waals surface area contributed by atoms with Crippen molar-refractivity contribution >= 4 is 85.9 Å². The standard InChI is InChI=1S/C36H48N7O7P.C23H42N3O3P.C19H21N5O4.C2H4N4S/c1-9-28-29(49-51(42(23(2)3)24(4)5)50-33(36(6,7)8)26-17-13-14-18-27(26)43(45)46)19-31(48-28)41-22-39-32-34(37-21-38-35(32)41)40-30(44)20-47-25-15-11-10-12-16-25;1-16(2)24(17(3)4)30(25(18(5)6)19(7)8)29-22(23(9,10)11)20-14-12-13-15-21(20)26(27)28;1-2-14-13(25)8-16(28-14)24-11-22-17-18(20-10-21-19(17)24)23-15(26)9-27-12-6-4-3-5-7-12;1-7-2-3-5-6-4-2/h10-18,21-24,28-29,31,33H,9,19-20H2,1-8H3,(H,37,38,40,44);12-19,22H,1-11H3;3-7,10-11,13-14,16,25H,2,8-9H2,1H3,(H,20,21,23,26);1H3,(H,3,4,5,6)/t28-,29?,31-,33?,51?;;13?,14-,16-;/m1.1./s1. The van der Waals surface area contributed by atoms with Crippen molar-refractivity contribution in [2.45, 2.75) is 255 Å². The summed E-state index contributed by atoms with van der Waals surface area (Å²) in [7, 11) is -2.89. The summed E-state index contributed by atoms with van der Waals surface area (Å²) in [5, 5.41) is 53.1. The Kier molecular flexibility index (Phi) is 34.5. The Bertz CT molecular complexity index is 4510. The van der Waals surface area contributed by atoms with Gasteiger partial charge in [-0.3, -0.25) is 39.0 Å². The van der Waals surface area contributed by atoms with Gasteiger partial charge in [-0.2, -0.15) is 5.21 Å². The first kappa shape index (κ1) is 92.7. The van der Waals surface area contributed by atoms with Crippen LogP contribution in [0.2, 0.25) is 0 Å². The summed E-state index contributed by atoms with van der Waals surface area (Å²) >= 11 is 1.46. The van der Waals surface area contributed by atoms with Crippen LogP contribution in [0.1, 0.15) is 200 Å². The van der Waals surface area contributed by atoms with E-state index in [1.165, 1.54) is 30.5 Å². The lowest BCUT2D eigenvalue weighted by Crippen LogP contribution is -2.44. The predicted molar refractivity (Wildman–Crippen MR) is 449 cm³/mol. The van der Waals surface area contributed by atoms with E-state index in [1.54, 1.807) is 71.8 Å². The fraction of sp³-hybridized carbons (Fsp3) is 0.537. The fourth-order valence-corrected chi connectivity index (χ4v) is 18.5. The van der Waals surface area contributed by atoms with Crippen LogP contribution < -0.4 is 20.1 Å². The van der Waals surface area contributed by atoms with Crippen molar-refractivity contribution in [2.75, 3.05) is 30.1 Å². The van der Waals surface area contributed by atoms with Crippen molar-refractivity contribution in [2.24, 2.45) is 10.8 Å². The molecular weight excluding hydrogens is 1550 g/mol. The number of aromatic nitrogens is 12. The SMILES string of the molecule is CC(C)N(C(C)C)P(OC(c1ccccc1[N+](=O)[O-])C(C)(C)C)N(C(C)C)C(C)C.CC[C@H]1O[C@@H](n2cnc3c(NC(=O)COc4ccccc4)ncnc32)CC1O.CC[C@H]1O[C@@H](n2cnc3c(NC(=O)COc4ccccc4)ncnc32)CC1OP(OC(c1ccccc1[N+](=O)[O-])C(C)(C)C)N(C(C)C)C(C)C.CSc1nn[nH]n1. The molecule has 0 bridgehead atoms. The zero-order chi connectivity index (χ0) is 84.9. The van der Waals surface area contributed by atoms with Crippen LogP contribution >= 0.6 is 28.7 Å². The van der Waals surface area contributed by atoms with E-state index >= 15 is 0 Å². The van der Waals surface area contributed by atoms with Crippen LogP contribution in [0.25, 0.3) is 22.3 Å². The Labute approximate surface area is 686 Å². The third-order valence-electron chi connectivity index (χ3n) is 18.6. The van der Waals surface area contributed by atoms with Crippen LogP contribution in [0, 0.1) is 31.1 Å². The largest absolute Gasteiger partial charge is 0.484 e. The molecule has 33 nitrogen and oxygen atoms in total. The maximum absolute atomic E-state index is 12.7. The number of nitro groups is 2. The number of aromatic amines is 1. The second-order valence-corrected chi connectivity index (χ2v) is 35.3. The quantitative estimate of drug-likeness (QED) is 0.0132. The molecule has 11 rings (SSSR count). The van der Waals surface area contributed by atoms with E-state index in [1.807, 2.05) is 94.0 Å². The van der Waals surface area contributed by atoms with Crippen LogP contribution in [-0.2, 0) is 32.6 Å². The van der Waals surface area contributed by atoms with Crippen LogP contribution in [0.3, 0.4) is 0 Å². The van der Waals surface area contributed by atoms with Crippen molar-refractivity contribution in [3.8, 4) is 11.5 Å². The molecule has 116 heavy (non-hydrogen) atoms. The molecule has 2 aliphatic rings. The third kappa shape index (κ3) is 24.9. The lowest BCUT2D eigenvalue weighted by molar-refractivity contribution is -0.386. The number of rotatable bonds is 32. The fourth-order valence-electron chi connectivity index (χ4n) is 13.5. The van der Waals surface area contributed by atoms with E-state index < -0.39 is 46.9 Å². The number of hydrogen-bond acceptors (Lipinski definition) is 27. The average Bonchev–Trinajstić information content (AvgIpc) is 1.46. The minimum atomic E-state index is -1.73. The molecule has 9 aromatic rings. The summed E-state index contributed by atoms with van der Waals surface area (Å²) in [5.74, 6) is 1.03. The van der Waals surface area contributed by atoms with Gasteiger partial charge in [-0.15, -0.1) is 10.2 Å². The molecule has 2 aliphatic heterocycles.